The fourth-order valence-corrected chi connectivity index (χ4v) is 2.54. The molecule has 2 rings (SSSR count). The summed E-state index contributed by atoms with van der Waals surface area (Å²) in [6.45, 7) is 6.12. The molecule has 1 aliphatic rings. The van der Waals surface area contributed by atoms with E-state index in [9.17, 15) is 9.59 Å². The smallest absolute Gasteiger partial charge is 0.870 e. The average molecular weight is 299 g/mol. The SMILES string of the molecule is CC(C)(C)OC(=O)N1CCc2ccccc2C1CC=O.[Li+].[OH-]. The molecular weight excluding hydrogens is 277 g/mol. The number of aldehydes is 1. The van der Waals surface area contributed by atoms with Crippen molar-refractivity contribution in [1.29, 1.82) is 0 Å². The summed E-state index contributed by atoms with van der Waals surface area (Å²) in [6, 6.07) is 7.75. The van der Waals surface area contributed by atoms with Gasteiger partial charge >= 0.3 is 25.0 Å². The van der Waals surface area contributed by atoms with Crippen molar-refractivity contribution in [2.75, 3.05) is 6.54 Å². The van der Waals surface area contributed by atoms with E-state index >= 15 is 0 Å². The zero-order chi connectivity index (χ0) is 14.8. The first kappa shape index (κ1) is 20.7. The van der Waals surface area contributed by atoms with Gasteiger partial charge in [0.1, 0.15) is 11.9 Å². The molecule has 0 saturated heterocycles. The number of fused-ring (bicyclic) bond motifs is 1. The zero-order valence-electron chi connectivity index (χ0n) is 13.7. The Balaban J connectivity index is 0.00000220. The molecule has 1 aliphatic heterocycles. The summed E-state index contributed by atoms with van der Waals surface area (Å²) < 4.78 is 5.44. The molecule has 116 valence electrons. The Morgan fingerprint density at radius 1 is 1.36 bits per heavy atom. The van der Waals surface area contributed by atoms with Crippen molar-refractivity contribution in [1.82, 2.24) is 4.90 Å². The summed E-state index contributed by atoms with van der Waals surface area (Å²) in [4.78, 5) is 24.9. The third-order valence-electron chi connectivity index (χ3n) is 3.36. The summed E-state index contributed by atoms with van der Waals surface area (Å²) in [7, 11) is 0. The van der Waals surface area contributed by atoms with Gasteiger partial charge in [-0.25, -0.2) is 4.79 Å². The van der Waals surface area contributed by atoms with Crippen LogP contribution in [0.2, 0.25) is 0 Å². The molecule has 0 bridgehead atoms. The second kappa shape index (κ2) is 8.38. The fraction of sp³-hybridized carbons (Fsp3) is 0.500. The summed E-state index contributed by atoms with van der Waals surface area (Å²) in [5, 5.41) is 0. The molecule has 0 aromatic heterocycles. The zero-order valence-corrected chi connectivity index (χ0v) is 13.7. The predicted octanol–water partition coefficient (Wildman–Crippen LogP) is -0.0629. The molecular formula is C16H22LiNO4. The van der Waals surface area contributed by atoms with Gasteiger partial charge in [-0.2, -0.15) is 0 Å². The molecule has 1 amide bonds. The van der Waals surface area contributed by atoms with E-state index in [4.69, 9.17) is 4.74 Å². The summed E-state index contributed by atoms with van der Waals surface area (Å²) in [5.74, 6) is 0. The Morgan fingerprint density at radius 2 is 2.00 bits per heavy atom. The van der Waals surface area contributed by atoms with Gasteiger partial charge in [0.05, 0.1) is 6.04 Å². The Hall–Kier alpha value is -1.28. The van der Waals surface area contributed by atoms with Gasteiger partial charge in [-0.1, -0.05) is 24.3 Å². The van der Waals surface area contributed by atoms with Crippen molar-refractivity contribution >= 4 is 12.4 Å². The van der Waals surface area contributed by atoms with E-state index in [1.807, 2.05) is 39.0 Å². The molecule has 1 aromatic rings. The van der Waals surface area contributed by atoms with Crippen LogP contribution in [0.1, 0.15) is 44.4 Å². The maximum Gasteiger partial charge on any atom is 1.00 e. The fourth-order valence-electron chi connectivity index (χ4n) is 2.54. The van der Waals surface area contributed by atoms with Crippen molar-refractivity contribution < 1.29 is 38.7 Å². The number of nitrogens with zero attached hydrogens (tertiary/aromatic N) is 1. The molecule has 6 heteroatoms. The van der Waals surface area contributed by atoms with E-state index in [2.05, 4.69) is 6.07 Å². The van der Waals surface area contributed by atoms with E-state index in [0.717, 1.165) is 18.3 Å². The Bertz CT molecular complexity index is 513. The molecule has 1 unspecified atom stereocenters. The molecule has 1 atom stereocenters. The van der Waals surface area contributed by atoms with Crippen LogP contribution >= 0.6 is 0 Å². The summed E-state index contributed by atoms with van der Waals surface area (Å²) >= 11 is 0. The first-order valence-electron chi connectivity index (χ1n) is 6.93. The van der Waals surface area contributed by atoms with Gasteiger partial charge in [0.15, 0.2) is 0 Å². The first-order chi connectivity index (χ1) is 9.42. The van der Waals surface area contributed by atoms with Crippen LogP contribution < -0.4 is 18.9 Å². The molecule has 5 nitrogen and oxygen atoms in total. The maximum absolute atomic E-state index is 12.3. The third kappa shape index (κ3) is 4.87. The number of ether oxygens (including phenoxy) is 1. The van der Waals surface area contributed by atoms with Gasteiger partial charge in [0.25, 0.3) is 0 Å². The largest absolute Gasteiger partial charge is 1.00 e. The van der Waals surface area contributed by atoms with E-state index in [1.165, 1.54) is 5.56 Å². The molecule has 0 radical (unpaired) electrons. The van der Waals surface area contributed by atoms with Crippen molar-refractivity contribution in [3.05, 3.63) is 35.4 Å². The van der Waals surface area contributed by atoms with Gasteiger partial charge in [-0.05, 0) is 38.3 Å². The van der Waals surface area contributed by atoms with Crippen LogP contribution in [0.4, 0.5) is 4.79 Å². The van der Waals surface area contributed by atoms with Crippen LogP contribution in [0.3, 0.4) is 0 Å². The van der Waals surface area contributed by atoms with Crippen LogP contribution in [-0.4, -0.2) is 34.9 Å². The van der Waals surface area contributed by atoms with Crippen LogP contribution in [0, 0.1) is 0 Å². The predicted molar refractivity (Wildman–Crippen MR) is 78.4 cm³/mol. The van der Waals surface area contributed by atoms with Crippen molar-refractivity contribution in [2.45, 2.75) is 45.3 Å². The molecule has 1 N–H and O–H groups in total. The second-order valence-corrected chi connectivity index (χ2v) is 6.04. The van der Waals surface area contributed by atoms with Crippen molar-refractivity contribution in [3.8, 4) is 0 Å². The van der Waals surface area contributed by atoms with E-state index in [-0.39, 0.29) is 36.5 Å². The molecule has 1 heterocycles. The minimum Gasteiger partial charge on any atom is -0.870 e. The van der Waals surface area contributed by atoms with Crippen molar-refractivity contribution in [2.24, 2.45) is 0 Å². The molecule has 0 aliphatic carbocycles. The minimum atomic E-state index is -0.528. The standard InChI is InChI=1S/C16H21NO3.Li.H2O/c1-16(2,3)20-15(19)17-10-8-12-6-4-5-7-13(12)14(17)9-11-18;;/h4-7,11,14H,8-10H2,1-3H3;;1H2/q;+1;/p-1. The summed E-state index contributed by atoms with van der Waals surface area (Å²) in [6.07, 6.45) is 1.62. The normalized spacial score (nSPS) is 16.7. The minimum absolute atomic E-state index is 0. The Morgan fingerprint density at radius 3 is 2.59 bits per heavy atom. The van der Waals surface area contributed by atoms with Crippen LogP contribution in [0.15, 0.2) is 24.3 Å². The van der Waals surface area contributed by atoms with E-state index < -0.39 is 5.60 Å². The molecule has 22 heavy (non-hydrogen) atoms. The Labute approximate surface area is 143 Å². The van der Waals surface area contributed by atoms with Crippen molar-refractivity contribution in [3.63, 3.8) is 0 Å². The molecule has 1 aromatic carbocycles. The Kier molecular flexibility index (Phi) is 7.89. The van der Waals surface area contributed by atoms with E-state index in [1.54, 1.807) is 4.90 Å². The number of carbonyl (C=O) groups excluding carboxylic acids is 2. The first-order valence-corrected chi connectivity index (χ1v) is 6.93. The van der Waals surface area contributed by atoms with Gasteiger partial charge in [0.2, 0.25) is 0 Å². The average Bonchev–Trinajstić information content (AvgIpc) is 2.37. The topological polar surface area (TPSA) is 76.6 Å². The van der Waals surface area contributed by atoms with Gasteiger partial charge < -0.3 is 19.9 Å². The molecule has 0 spiro atoms. The third-order valence-corrected chi connectivity index (χ3v) is 3.36. The van der Waals surface area contributed by atoms with Crippen LogP contribution in [0.5, 0.6) is 0 Å². The van der Waals surface area contributed by atoms with Gasteiger partial charge in [-0.15, -0.1) is 0 Å². The number of rotatable bonds is 2. The second-order valence-electron chi connectivity index (χ2n) is 6.04. The number of amides is 1. The number of benzene rings is 1. The van der Waals surface area contributed by atoms with Crippen LogP contribution in [-0.2, 0) is 16.0 Å². The van der Waals surface area contributed by atoms with Gasteiger partial charge in [0, 0.05) is 13.0 Å². The summed E-state index contributed by atoms with van der Waals surface area (Å²) in [5.41, 5.74) is 1.73. The number of carbonyl (C=O) groups is 2. The monoisotopic (exact) mass is 299 g/mol. The number of hydrogen-bond donors (Lipinski definition) is 0. The quantitative estimate of drug-likeness (QED) is 0.566. The van der Waals surface area contributed by atoms with Gasteiger partial charge in [-0.3, -0.25) is 0 Å². The molecule has 0 fully saturated rings. The number of hydrogen-bond acceptors (Lipinski definition) is 4. The van der Waals surface area contributed by atoms with E-state index in [0.29, 0.717) is 13.0 Å². The molecule has 0 saturated carbocycles. The van der Waals surface area contributed by atoms with Crippen LogP contribution in [0.25, 0.3) is 0 Å². The maximum atomic E-state index is 12.3.